The molecule has 0 fully saturated rings. The van der Waals surface area contributed by atoms with Crippen LogP contribution in [0.25, 0.3) is 0 Å². The summed E-state index contributed by atoms with van der Waals surface area (Å²) in [6, 6.07) is 13.6. The van der Waals surface area contributed by atoms with Crippen LogP contribution in [0.1, 0.15) is 34.8 Å². The molecule has 0 unspecified atom stereocenters. The average Bonchev–Trinajstić information content (AvgIpc) is 2.48. The van der Waals surface area contributed by atoms with Gasteiger partial charge in [0.15, 0.2) is 0 Å². The summed E-state index contributed by atoms with van der Waals surface area (Å²) in [6.45, 7) is 7.01. The van der Waals surface area contributed by atoms with Gasteiger partial charge in [-0.25, -0.2) is 0 Å². The van der Waals surface area contributed by atoms with Gasteiger partial charge < -0.3 is 10.6 Å². The molecule has 2 N–H and O–H groups in total. The van der Waals surface area contributed by atoms with Crippen molar-refractivity contribution in [2.24, 2.45) is 0 Å². The summed E-state index contributed by atoms with van der Waals surface area (Å²) in [6.07, 6.45) is 1.02. The molecule has 0 spiro atoms. The second-order valence-electron chi connectivity index (χ2n) is 5.24. The van der Waals surface area contributed by atoms with E-state index in [1.807, 2.05) is 50.2 Å². The standard InChI is InChI=1S/C18H22N2O/c1-4-11-19-17-8-6-5-7-15(17)18(21)20-16-10-9-13(2)12-14(16)3/h5-10,12,19H,4,11H2,1-3H3,(H,20,21). The van der Waals surface area contributed by atoms with Gasteiger partial charge in [0.2, 0.25) is 0 Å². The fraction of sp³-hybridized carbons (Fsp3) is 0.278. The highest BCUT2D eigenvalue weighted by Crippen LogP contribution is 2.20. The van der Waals surface area contributed by atoms with Crippen molar-refractivity contribution in [2.75, 3.05) is 17.2 Å². The van der Waals surface area contributed by atoms with Crippen LogP contribution in [-0.2, 0) is 0 Å². The Balaban J connectivity index is 2.20. The van der Waals surface area contributed by atoms with E-state index in [1.54, 1.807) is 0 Å². The van der Waals surface area contributed by atoms with E-state index in [0.29, 0.717) is 5.56 Å². The number of carbonyl (C=O) groups excluding carboxylic acids is 1. The van der Waals surface area contributed by atoms with Crippen LogP contribution < -0.4 is 10.6 Å². The minimum atomic E-state index is -0.0823. The van der Waals surface area contributed by atoms with Crippen molar-refractivity contribution in [2.45, 2.75) is 27.2 Å². The van der Waals surface area contributed by atoms with E-state index in [-0.39, 0.29) is 5.91 Å². The number of aryl methyl sites for hydroxylation is 2. The second-order valence-corrected chi connectivity index (χ2v) is 5.24. The van der Waals surface area contributed by atoms with E-state index in [2.05, 4.69) is 23.6 Å². The van der Waals surface area contributed by atoms with Crippen LogP contribution >= 0.6 is 0 Å². The third kappa shape index (κ3) is 3.85. The molecule has 21 heavy (non-hydrogen) atoms. The molecule has 2 aromatic carbocycles. The van der Waals surface area contributed by atoms with E-state index in [0.717, 1.165) is 29.9 Å². The first-order valence-electron chi connectivity index (χ1n) is 7.33. The maximum atomic E-state index is 12.5. The Labute approximate surface area is 126 Å². The molecule has 3 nitrogen and oxygen atoms in total. The van der Waals surface area contributed by atoms with Crippen LogP contribution in [-0.4, -0.2) is 12.5 Å². The molecule has 3 heteroatoms. The van der Waals surface area contributed by atoms with Gasteiger partial charge in [0.05, 0.1) is 5.56 Å². The van der Waals surface area contributed by atoms with Gasteiger partial charge >= 0.3 is 0 Å². The number of para-hydroxylation sites is 1. The molecule has 0 atom stereocenters. The lowest BCUT2D eigenvalue weighted by Gasteiger charge is -2.13. The van der Waals surface area contributed by atoms with Gasteiger partial charge in [0, 0.05) is 17.9 Å². The molecule has 110 valence electrons. The van der Waals surface area contributed by atoms with Crippen LogP contribution in [0.2, 0.25) is 0 Å². The minimum absolute atomic E-state index is 0.0823. The van der Waals surface area contributed by atoms with Crippen molar-refractivity contribution in [1.82, 2.24) is 0 Å². The first-order valence-corrected chi connectivity index (χ1v) is 7.33. The van der Waals surface area contributed by atoms with Crippen molar-refractivity contribution < 1.29 is 4.79 Å². The predicted octanol–water partition coefficient (Wildman–Crippen LogP) is 4.38. The molecule has 2 rings (SSSR count). The Bertz CT molecular complexity index is 635. The lowest BCUT2D eigenvalue weighted by molar-refractivity contribution is 0.102. The molecule has 0 aliphatic heterocycles. The number of nitrogens with one attached hydrogen (secondary N) is 2. The third-order valence-corrected chi connectivity index (χ3v) is 3.37. The zero-order valence-corrected chi connectivity index (χ0v) is 12.9. The summed E-state index contributed by atoms with van der Waals surface area (Å²) in [5.41, 5.74) is 4.67. The highest BCUT2D eigenvalue weighted by molar-refractivity contribution is 6.08. The van der Waals surface area contributed by atoms with Crippen molar-refractivity contribution in [1.29, 1.82) is 0 Å². The first kappa shape index (κ1) is 15.1. The Morgan fingerprint density at radius 2 is 1.81 bits per heavy atom. The van der Waals surface area contributed by atoms with Crippen LogP contribution in [0.15, 0.2) is 42.5 Å². The number of amides is 1. The van der Waals surface area contributed by atoms with Crippen molar-refractivity contribution in [3.05, 3.63) is 59.2 Å². The van der Waals surface area contributed by atoms with Gasteiger partial charge in [0.25, 0.3) is 5.91 Å². The molecule has 0 heterocycles. The molecule has 0 saturated heterocycles. The van der Waals surface area contributed by atoms with Gasteiger partial charge in [-0.3, -0.25) is 4.79 Å². The number of hydrogen-bond acceptors (Lipinski definition) is 2. The second kappa shape index (κ2) is 6.93. The monoisotopic (exact) mass is 282 g/mol. The summed E-state index contributed by atoms with van der Waals surface area (Å²) in [5, 5.41) is 6.28. The van der Waals surface area contributed by atoms with Crippen molar-refractivity contribution >= 4 is 17.3 Å². The molecule has 0 radical (unpaired) electrons. The number of rotatable bonds is 5. The van der Waals surface area contributed by atoms with Gasteiger partial charge in [-0.15, -0.1) is 0 Å². The van der Waals surface area contributed by atoms with Crippen LogP contribution in [0, 0.1) is 13.8 Å². The Morgan fingerprint density at radius 3 is 2.52 bits per heavy atom. The Morgan fingerprint density at radius 1 is 1.05 bits per heavy atom. The van der Waals surface area contributed by atoms with E-state index in [1.165, 1.54) is 5.56 Å². The van der Waals surface area contributed by atoms with Gasteiger partial charge in [-0.05, 0) is 44.0 Å². The van der Waals surface area contributed by atoms with E-state index in [9.17, 15) is 4.79 Å². The molecule has 2 aromatic rings. The lowest BCUT2D eigenvalue weighted by atomic mass is 10.1. The summed E-state index contributed by atoms with van der Waals surface area (Å²) < 4.78 is 0. The fourth-order valence-corrected chi connectivity index (χ4v) is 2.24. The topological polar surface area (TPSA) is 41.1 Å². The van der Waals surface area contributed by atoms with Gasteiger partial charge in [-0.2, -0.15) is 0 Å². The summed E-state index contributed by atoms with van der Waals surface area (Å²) in [5.74, 6) is -0.0823. The highest BCUT2D eigenvalue weighted by Gasteiger charge is 2.11. The Hall–Kier alpha value is -2.29. The largest absolute Gasteiger partial charge is 0.384 e. The number of carbonyl (C=O) groups is 1. The zero-order valence-electron chi connectivity index (χ0n) is 12.9. The molecule has 0 saturated carbocycles. The molecule has 0 aliphatic rings. The molecular weight excluding hydrogens is 260 g/mol. The van der Waals surface area contributed by atoms with Gasteiger partial charge in [-0.1, -0.05) is 36.8 Å². The quantitative estimate of drug-likeness (QED) is 0.854. The zero-order chi connectivity index (χ0) is 15.2. The SMILES string of the molecule is CCCNc1ccccc1C(=O)Nc1ccc(C)cc1C. The fourth-order valence-electron chi connectivity index (χ4n) is 2.24. The molecule has 0 bridgehead atoms. The average molecular weight is 282 g/mol. The Kier molecular flexibility index (Phi) is 4.99. The maximum absolute atomic E-state index is 12.5. The summed E-state index contributed by atoms with van der Waals surface area (Å²) in [7, 11) is 0. The predicted molar refractivity (Wildman–Crippen MR) is 89.1 cm³/mol. The lowest BCUT2D eigenvalue weighted by Crippen LogP contribution is -2.15. The smallest absolute Gasteiger partial charge is 0.257 e. The van der Waals surface area contributed by atoms with Crippen LogP contribution in [0.3, 0.4) is 0 Å². The number of benzene rings is 2. The normalized spacial score (nSPS) is 10.2. The highest BCUT2D eigenvalue weighted by atomic mass is 16.1. The van der Waals surface area contributed by atoms with Crippen molar-refractivity contribution in [3.8, 4) is 0 Å². The molecule has 1 amide bonds. The van der Waals surface area contributed by atoms with E-state index in [4.69, 9.17) is 0 Å². The summed E-state index contributed by atoms with van der Waals surface area (Å²) >= 11 is 0. The number of anilines is 2. The van der Waals surface area contributed by atoms with Crippen LogP contribution in [0.4, 0.5) is 11.4 Å². The van der Waals surface area contributed by atoms with Crippen LogP contribution in [0.5, 0.6) is 0 Å². The number of hydrogen-bond donors (Lipinski definition) is 2. The first-order chi connectivity index (χ1) is 10.1. The third-order valence-electron chi connectivity index (χ3n) is 3.37. The molecule has 0 aliphatic carbocycles. The summed E-state index contributed by atoms with van der Waals surface area (Å²) in [4.78, 5) is 12.5. The van der Waals surface area contributed by atoms with Crippen molar-refractivity contribution in [3.63, 3.8) is 0 Å². The minimum Gasteiger partial charge on any atom is -0.384 e. The van der Waals surface area contributed by atoms with E-state index >= 15 is 0 Å². The van der Waals surface area contributed by atoms with E-state index < -0.39 is 0 Å². The van der Waals surface area contributed by atoms with Gasteiger partial charge in [0.1, 0.15) is 0 Å². The molecular formula is C18H22N2O. The maximum Gasteiger partial charge on any atom is 0.257 e. The molecule has 0 aromatic heterocycles.